The summed E-state index contributed by atoms with van der Waals surface area (Å²) in [6.07, 6.45) is 0. The fourth-order valence-corrected chi connectivity index (χ4v) is 2.37. The lowest BCUT2D eigenvalue weighted by molar-refractivity contribution is 0.0602. The van der Waals surface area contributed by atoms with Crippen LogP contribution >= 0.6 is 0 Å². The van der Waals surface area contributed by atoms with Gasteiger partial charge in [0, 0.05) is 31.4 Å². The molecule has 0 saturated carbocycles. The number of piperazine rings is 1. The number of likely N-dealkylation sites (N-methyl/N-ethyl adjacent to an activating group) is 1. The minimum absolute atomic E-state index is 0.0975. The average molecular weight is 281 g/mol. The summed E-state index contributed by atoms with van der Waals surface area (Å²) < 4.78 is 18.8. The number of carbonyl (C=O) groups is 1. The summed E-state index contributed by atoms with van der Waals surface area (Å²) in [5.41, 5.74) is 6.38. The molecular formula is C14H20FN3O2. The number of nitrogens with two attached hydrogens (primary N) is 1. The van der Waals surface area contributed by atoms with Gasteiger partial charge in [0.05, 0.1) is 18.4 Å². The molecule has 0 aliphatic carbocycles. The Morgan fingerprint density at radius 1 is 1.45 bits per heavy atom. The third-order valence-corrected chi connectivity index (χ3v) is 3.82. The highest BCUT2D eigenvalue weighted by Crippen LogP contribution is 2.27. The summed E-state index contributed by atoms with van der Waals surface area (Å²) in [5, 5.41) is 0. The monoisotopic (exact) mass is 281 g/mol. The van der Waals surface area contributed by atoms with E-state index in [-0.39, 0.29) is 11.3 Å². The highest BCUT2D eigenvalue weighted by molar-refractivity contribution is 5.96. The Kier molecular flexibility index (Phi) is 4.13. The molecule has 6 heteroatoms. The lowest BCUT2D eigenvalue weighted by Gasteiger charge is -2.39. The Hall–Kier alpha value is -1.82. The summed E-state index contributed by atoms with van der Waals surface area (Å²) in [6, 6.07) is 2.99. The number of rotatable bonds is 2. The summed E-state index contributed by atoms with van der Waals surface area (Å²) in [5.74, 6) is -0.960. The third kappa shape index (κ3) is 2.70. The van der Waals surface area contributed by atoms with Crippen LogP contribution in [0.3, 0.4) is 0 Å². The molecule has 110 valence electrons. The van der Waals surface area contributed by atoms with Gasteiger partial charge < -0.3 is 20.3 Å². The highest BCUT2D eigenvalue weighted by Gasteiger charge is 2.24. The number of nitrogen functional groups attached to an aromatic ring is 1. The van der Waals surface area contributed by atoms with Crippen molar-refractivity contribution in [2.45, 2.75) is 13.0 Å². The van der Waals surface area contributed by atoms with Crippen LogP contribution in [-0.2, 0) is 4.74 Å². The van der Waals surface area contributed by atoms with Crippen molar-refractivity contribution in [2.75, 3.05) is 44.4 Å². The van der Waals surface area contributed by atoms with Crippen LogP contribution in [0.15, 0.2) is 12.1 Å². The molecular weight excluding hydrogens is 261 g/mol. The Morgan fingerprint density at radius 2 is 2.15 bits per heavy atom. The van der Waals surface area contributed by atoms with Crippen molar-refractivity contribution in [2.24, 2.45) is 0 Å². The summed E-state index contributed by atoms with van der Waals surface area (Å²) >= 11 is 0. The minimum atomic E-state index is -0.550. The Labute approximate surface area is 118 Å². The van der Waals surface area contributed by atoms with Crippen LogP contribution in [0.4, 0.5) is 15.8 Å². The number of hydrogen-bond donors (Lipinski definition) is 1. The van der Waals surface area contributed by atoms with Crippen LogP contribution < -0.4 is 10.6 Å². The van der Waals surface area contributed by atoms with Gasteiger partial charge in [-0.25, -0.2) is 9.18 Å². The topological polar surface area (TPSA) is 58.8 Å². The van der Waals surface area contributed by atoms with E-state index in [1.54, 1.807) is 0 Å². The Morgan fingerprint density at radius 3 is 2.75 bits per heavy atom. The first-order valence-corrected chi connectivity index (χ1v) is 6.56. The molecule has 1 heterocycles. The van der Waals surface area contributed by atoms with Crippen LogP contribution in [0.2, 0.25) is 0 Å². The molecule has 20 heavy (non-hydrogen) atoms. The number of anilines is 2. The second-order valence-corrected chi connectivity index (χ2v) is 5.16. The van der Waals surface area contributed by atoms with E-state index in [2.05, 4.69) is 16.6 Å². The predicted octanol–water partition coefficient (Wildman–Crippen LogP) is 1.33. The number of benzene rings is 1. The van der Waals surface area contributed by atoms with Crippen LogP contribution in [0, 0.1) is 5.82 Å². The van der Waals surface area contributed by atoms with Crippen LogP contribution in [0.25, 0.3) is 0 Å². The normalized spacial score (nSPS) is 20.0. The molecule has 1 aromatic carbocycles. The van der Waals surface area contributed by atoms with Gasteiger partial charge in [-0.15, -0.1) is 0 Å². The van der Waals surface area contributed by atoms with E-state index in [1.165, 1.54) is 19.2 Å². The van der Waals surface area contributed by atoms with E-state index in [1.807, 2.05) is 11.9 Å². The number of methoxy groups -OCH3 is 1. The average Bonchev–Trinajstić information content (AvgIpc) is 2.41. The van der Waals surface area contributed by atoms with Gasteiger partial charge in [-0.1, -0.05) is 0 Å². The molecule has 0 spiro atoms. The molecule has 1 saturated heterocycles. The minimum Gasteiger partial charge on any atom is -0.465 e. The molecule has 2 N–H and O–H groups in total. The fraction of sp³-hybridized carbons (Fsp3) is 0.500. The van der Waals surface area contributed by atoms with Gasteiger partial charge in [0.15, 0.2) is 0 Å². The molecule has 1 aliphatic rings. The Bertz CT molecular complexity index is 521. The maximum Gasteiger partial charge on any atom is 0.340 e. The van der Waals surface area contributed by atoms with Crippen molar-refractivity contribution in [3.05, 3.63) is 23.5 Å². The van der Waals surface area contributed by atoms with E-state index in [4.69, 9.17) is 5.73 Å². The van der Waals surface area contributed by atoms with Gasteiger partial charge in [0.1, 0.15) is 5.82 Å². The summed E-state index contributed by atoms with van der Waals surface area (Å²) in [7, 11) is 3.32. The number of nitrogens with zero attached hydrogens (tertiary/aromatic N) is 2. The second-order valence-electron chi connectivity index (χ2n) is 5.16. The van der Waals surface area contributed by atoms with Gasteiger partial charge in [0.2, 0.25) is 0 Å². The van der Waals surface area contributed by atoms with Crippen molar-refractivity contribution in [3.63, 3.8) is 0 Å². The molecule has 0 bridgehead atoms. The van der Waals surface area contributed by atoms with Crippen molar-refractivity contribution in [1.82, 2.24) is 4.90 Å². The number of ether oxygens (including phenoxy) is 1. The number of carbonyl (C=O) groups excluding carboxylic acids is 1. The molecule has 5 nitrogen and oxygen atoms in total. The van der Waals surface area contributed by atoms with Crippen LogP contribution in [-0.4, -0.2) is 50.7 Å². The van der Waals surface area contributed by atoms with E-state index < -0.39 is 11.8 Å². The van der Waals surface area contributed by atoms with Gasteiger partial charge >= 0.3 is 5.97 Å². The van der Waals surface area contributed by atoms with Crippen LogP contribution in [0.1, 0.15) is 17.3 Å². The maximum absolute atomic E-state index is 14.1. The van der Waals surface area contributed by atoms with E-state index in [0.717, 1.165) is 6.54 Å². The molecule has 1 atom stereocenters. The fourth-order valence-electron chi connectivity index (χ4n) is 2.37. The third-order valence-electron chi connectivity index (χ3n) is 3.82. The van der Waals surface area contributed by atoms with Crippen molar-refractivity contribution in [3.8, 4) is 0 Å². The maximum atomic E-state index is 14.1. The van der Waals surface area contributed by atoms with E-state index >= 15 is 0 Å². The highest BCUT2D eigenvalue weighted by atomic mass is 19.1. The SMILES string of the molecule is COC(=O)c1cc(N2CCN(C)C(C)C2)c(F)cc1N. The number of hydrogen-bond acceptors (Lipinski definition) is 5. The first-order valence-electron chi connectivity index (χ1n) is 6.56. The van der Waals surface area contributed by atoms with Gasteiger partial charge in [0.25, 0.3) is 0 Å². The zero-order valence-electron chi connectivity index (χ0n) is 12.0. The molecule has 1 fully saturated rings. The molecule has 0 radical (unpaired) electrons. The number of esters is 1. The zero-order valence-corrected chi connectivity index (χ0v) is 12.0. The predicted molar refractivity (Wildman–Crippen MR) is 76.5 cm³/mol. The lowest BCUT2D eigenvalue weighted by Crippen LogP contribution is -2.50. The largest absolute Gasteiger partial charge is 0.465 e. The second kappa shape index (κ2) is 5.66. The van der Waals surface area contributed by atoms with Crippen molar-refractivity contribution >= 4 is 17.3 Å². The smallest absolute Gasteiger partial charge is 0.340 e. The first kappa shape index (κ1) is 14.6. The molecule has 1 unspecified atom stereocenters. The van der Waals surface area contributed by atoms with Crippen molar-refractivity contribution in [1.29, 1.82) is 0 Å². The van der Waals surface area contributed by atoms with Crippen LogP contribution in [0.5, 0.6) is 0 Å². The molecule has 2 rings (SSSR count). The van der Waals surface area contributed by atoms with E-state index in [9.17, 15) is 9.18 Å². The van der Waals surface area contributed by atoms with Gasteiger partial charge in [-0.3, -0.25) is 0 Å². The quantitative estimate of drug-likeness (QED) is 0.655. The summed E-state index contributed by atoms with van der Waals surface area (Å²) in [6.45, 7) is 4.35. The zero-order chi connectivity index (χ0) is 14.9. The first-order chi connectivity index (χ1) is 9.43. The molecule has 0 amide bonds. The van der Waals surface area contributed by atoms with E-state index in [0.29, 0.717) is 24.8 Å². The number of halogens is 1. The van der Waals surface area contributed by atoms with Gasteiger partial charge in [-0.05, 0) is 26.1 Å². The van der Waals surface area contributed by atoms with Crippen molar-refractivity contribution < 1.29 is 13.9 Å². The lowest BCUT2D eigenvalue weighted by atomic mass is 10.1. The van der Waals surface area contributed by atoms with Gasteiger partial charge in [-0.2, -0.15) is 0 Å². The molecule has 1 aromatic rings. The molecule has 0 aromatic heterocycles. The Balaban J connectivity index is 2.34. The summed E-state index contributed by atoms with van der Waals surface area (Å²) in [4.78, 5) is 15.8. The standard InChI is InChI=1S/C14H20FN3O2/c1-9-8-18(5-4-17(9)2)13-6-10(14(19)20-3)12(16)7-11(13)15/h6-7,9H,4-5,8,16H2,1-3H3. The molecule has 1 aliphatic heterocycles.